The highest BCUT2D eigenvalue weighted by molar-refractivity contribution is 9.10. The van der Waals surface area contributed by atoms with Gasteiger partial charge in [0.1, 0.15) is 5.69 Å². The second kappa shape index (κ2) is 4.90. The Balaban J connectivity index is 2.27. The topological polar surface area (TPSA) is 60.9 Å². The van der Waals surface area contributed by atoms with Crippen LogP contribution in [0.4, 0.5) is 0 Å². The molecule has 2 unspecified atom stereocenters. The van der Waals surface area contributed by atoms with Crippen molar-refractivity contribution in [3.63, 3.8) is 0 Å². The van der Waals surface area contributed by atoms with E-state index >= 15 is 0 Å². The molecule has 5 heteroatoms. The van der Waals surface area contributed by atoms with Gasteiger partial charge in [0.15, 0.2) is 5.78 Å². The van der Waals surface area contributed by atoms with Crippen molar-refractivity contribution in [3.05, 3.63) is 16.4 Å². The van der Waals surface area contributed by atoms with E-state index in [-0.39, 0.29) is 23.8 Å². The van der Waals surface area contributed by atoms with Crippen molar-refractivity contribution in [2.24, 2.45) is 11.7 Å². The zero-order chi connectivity index (χ0) is 12.6. The van der Waals surface area contributed by atoms with Crippen LogP contribution < -0.4 is 5.73 Å². The Morgan fingerprint density at radius 2 is 2.29 bits per heavy atom. The summed E-state index contributed by atoms with van der Waals surface area (Å²) < 4.78 is 2.58. The molecule has 0 amide bonds. The van der Waals surface area contributed by atoms with Crippen molar-refractivity contribution < 1.29 is 4.79 Å². The predicted octanol–water partition coefficient (Wildman–Crippen LogP) is 2.54. The highest BCUT2D eigenvalue weighted by Crippen LogP contribution is 2.30. The Bertz CT molecular complexity index is 427. The van der Waals surface area contributed by atoms with Crippen LogP contribution in [-0.2, 0) is 0 Å². The third kappa shape index (κ3) is 2.45. The SMILES string of the molecule is CC(C)n1ncc(Br)c1C(=O)C1CCC(N)C1. The molecule has 1 aromatic heterocycles. The van der Waals surface area contributed by atoms with Gasteiger partial charge < -0.3 is 5.73 Å². The number of Topliss-reactive ketones (excluding diaryl/α,β-unsaturated/α-hetero) is 1. The molecule has 1 fully saturated rings. The Hall–Kier alpha value is -0.680. The molecule has 2 atom stereocenters. The van der Waals surface area contributed by atoms with Crippen LogP contribution in [0.25, 0.3) is 0 Å². The average molecular weight is 300 g/mol. The van der Waals surface area contributed by atoms with Gasteiger partial charge in [-0.1, -0.05) is 0 Å². The number of halogens is 1. The van der Waals surface area contributed by atoms with E-state index in [9.17, 15) is 4.79 Å². The lowest BCUT2D eigenvalue weighted by atomic mass is 9.99. The first-order chi connectivity index (χ1) is 8.00. The van der Waals surface area contributed by atoms with Crippen molar-refractivity contribution in [1.29, 1.82) is 0 Å². The number of rotatable bonds is 3. The molecule has 1 aliphatic carbocycles. The zero-order valence-corrected chi connectivity index (χ0v) is 11.8. The van der Waals surface area contributed by atoms with Crippen molar-refractivity contribution in [2.45, 2.75) is 45.2 Å². The largest absolute Gasteiger partial charge is 0.328 e. The predicted molar refractivity (Wildman–Crippen MR) is 70.0 cm³/mol. The summed E-state index contributed by atoms with van der Waals surface area (Å²) >= 11 is 3.41. The van der Waals surface area contributed by atoms with Gasteiger partial charge in [0.25, 0.3) is 0 Å². The molecule has 2 N–H and O–H groups in total. The van der Waals surface area contributed by atoms with Gasteiger partial charge in [-0.3, -0.25) is 9.48 Å². The van der Waals surface area contributed by atoms with Crippen LogP contribution in [0.5, 0.6) is 0 Å². The molecule has 1 heterocycles. The quantitative estimate of drug-likeness (QED) is 0.873. The molecule has 0 bridgehead atoms. The van der Waals surface area contributed by atoms with Crippen molar-refractivity contribution >= 4 is 21.7 Å². The minimum Gasteiger partial charge on any atom is -0.328 e. The van der Waals surface area contributed by atoms with Crippen LogP contribution in [0, 0.1) is 5.92 Å². The van der Waals surface area contributed by atoms with E-state index < -0.39 is 0 Å². The molecular formula is C12H18BrN3O. The van der Waals surface area contributed by atoms with Gasteiger partial charge in [0.2, 0.25) is 0 Å². The lowest BCUT2D eigenvalue weighted by molar-refractivity contribution is 0.0908. The standard InChI is InChI=1S/C12H18BrN3O/c1-7(2)16-11(10(13)6-15-16)12(17)8-3-4-9(14)5-8/h6-9H,3-5,14H2,1-2H3. The van der Waals surface area contributed by atoms with Crippen LogP contribution in [0.2, 0.25) is 0 Å². The van der Waals surface area contributed by atoms with Crippen LogP contribution in [0.3, 0.4) is 0 Å². The number of nitrogens with zero attached hydrogens (tertiary/aromatic N) is 2. The second-order valence-electron chi connectivity index (χ2n) is 5.01. The maximum atomic E-state index is 12.5. The summed E-state index contributed by atoms with van der Waals surface area (Å²) in [6.07, 6.45) is 4.34. The lowest BCUT2D eigenvalue weighted by Gasteiger charge is -2.14. The number of hydrogen-bond acceptors (Lipinski definition) is 3. The average Bonchev–Trinajstić information content (AvgIpc) is 2.83. The van der Waals surface area contributed by atoms with E-state index in [0.717, 1.165) is 23.7 Å². The highest BCUT2D eigenvalue weighted by Gasteiger charge is 2.31. The lowest BCUT2D eigenvalue weighted by Crippen LogP contribution is -2.21. The van der Waals surface area contributed by atoms with E-state index in [1.54, 1.807) is 10.9 Å². The Labute approximate surface area is 110 Å². The fourth-order valence-corrected chi connectivity index (χ4v) is 2.88. The molecule has 1 aromatic rings. The minimum atomic E-state index is 0.0653. The van der Waals surface area contributed by atoms with Gasteiger partial charge in [-0.15, -0.1) is 0 Å². The van der Waals surface area contributed by atoms with E-state index in [1.807, 2.05) is 13.8 Å². The number of ketones is 1. The summed E-state index contributed by atoms with van der Waals surface area (Å²) in [5.74, 6) is 0.242. The molecule has 0 spiro atoms. The molecule has 0 radical (unpaired) electrons. The van der Waals surface area contributed by atoms with Gasteiger partial charge in [-0.25, -0.2) is 0 Å². The summed E-state index contributed by atoms with van der Waals surface area (Å²) in [7, 11) is 0. The van der Waals surface area contributed by atoms with E-state index in [1.165, 1.54) is 0 Å². The van der Waals surface area contributed by atoms with E-state index in [2.05, 4.69) is 21.0 Å². The van der Waals surface area contributed by atoms with E-state index in [4.69, 9.17) is 5.73 Å². The van der Waals surface area contributed by atoms with Gasteiger partial charge in [-0.2, -0.15) is 5.10 Å². The second-order valence-corrected chi connectivity index (χ2v) is 5.87. The van der Waals surface area contributed by atoms with Crippen LogP contribution in [0.1, 0.15) is 49.6 Å². The molecule has 1 aliphatic rings. The molecule has 94 valence electrons. The fraction of sp³-hybridized carbons (Fsp3) is 0.667. The number of hydrogen-bond donors (Lipinski definition) is 1. The summed E-state index contributed by atoms with van der Waals surface area (Å²) in [4.78, 5) is 12.5. The van der Waals surface area contributed by atoms with Gasteiger partial charge in [0.05, 0.1) is 10.7 Å². The van der Waals surface area contributed by atoms with Crippen molar-refractivity contribution in [3.8, 4) is 0 Å². The van der Waals surface area contributed by atoms with Crippen molar-refractivity contribution in [2.75, 3.05) is 0 Å². The first-order valence-corrected chi connectivity index (χ1v) is 6.82. The van der Waals surface area contributed by atoms with Gasteiger partial charge in [-0.05, 0) is 49.0 Å². The number of carbonyl (C=O) groups excluding carboxylic acids is 1. The van der Waals surface area contributed by atoms with Crippen LogP contribution in [-0.4, -0.2) is 21.6 Å². The minimum absolute atomic E-state index is 0.0653. The molecule has 1 saturated carbocycles. The van der Waals surface area contributed by atoms with Crippen LogP contribution >= 0.6 is 15.9 Å². The summed E-state index contributed by atoms with van der Waals surface area (Å²) in [5, 5.41) is 4.24. The van der Waals surface area contributed by atoms with E-state index in [0.29, 0.717) is 5.69 Å². The molecule has 4 nitrogen and oxygen atoms in total. The fourth-order valence-electron chi connectivity index (χ4n) is 2.41. The third-order valence-electron chi connectivity index (χ3n) is 3.32. The first-order valence-electron chi connectivity index (χ1n) is 6.03. The van der Waals surface area contributed by atoms with Gasteiger partial charge in [0, 0.05) is 18.0 Å². The smallest absolute Gasteiger partial charge is 0.185 e. The first kappa shape index (κ1) is 12.8. The van der Waals surface area contributed by atoms with Crippen molar-refractivity contribution in [1.82, 2.24) is 9.78 Å². The summed E-state index contributed by atoms with van der Waals surface area (Å²) in [6, 6.07) is 0.369. The number of nitrogens with two attached hydrogens (primary N) is 1. The Morgan fingerprint density at radius 1 is 1.59 bits per heavy atom. The molecule has 0 saturated heterocycles. The monoisotopic (exact) mass is 299 g/mol. The van der Waals surface area contributed by atoms with Gasteiger partial charge >= 0.3 is 0 Å². The normalized spacial score (nSPS) is 24.5. The molecule has 0 aliphatic heterocycles. The molecule has 2 rings (SSSR count). The summed E-state index contributed by atoms with van der Waals surface area (Å²) in [6.45, 7) is 4.05. The molecular weight excluding hydrogens is 282 g/mol. The maximum absolute atomic E-state index is 12.5. The Kier molecular flexibility index (Phi) is 3.68. The Morgan fingerprint density at radius 3 is 2.82 bits per heavy atom. The third-order valence-corrected chi connectivity index (χ3v) is 3.90. The van der Waals surface area contributed by atoms with Crippen LogP contribution in [0.15, 0.2) is 10.7 Å². The molecule has 0 aromatic carbocycles. The maximum Gasteiger partial charge on any atom is 0.185 e. The number of carbonyl (C=O) groups is 1. The number of aromatic nitrogens is 2. The molecule has 17 heavy (non-hydrogen) atoms. The summed E-state index contributed by atoms with van der Waals surface area (Å²) in [5.41, 5.74) is 6.56. The zero-order valence-electron chi connectivity index (χ0n) is 10.2. The highest BCUT2D eigenvalue weighted by atomic mass is 79.9.